The first-order valence-corrected chi connectivity index (χ1v) is 7.80. The topological polar surface area (TPSA) is 36.4 Å². The van der Waals surface area contributed by atoms with Gasteiger partial charge < -0.3 is 10.6 Å². The van der Waals surface area contributed by atoms with Crippen LogP contribution in [0.3, 0.4) is 0 Å². The second-order valence-corrected chi connectivity index (χ2v) is 5.72. The Hall–Kier alpha value is -0.780. The second kappa shape index (κ2) is 10.0. The van der Waals surface area contributed by atoms with Crippen LogP contribution in [0.5, 0.6) is 0 Å². The molecule has 0 unspecified atom stereocenters. The zero-order valence-electron chi connectivity index (χ0n) is 13.2. The van der Waals surface area contributed by atoms with E-state index in [9.17, 15) is 0 Å². The molecule has 3 nitrogen and oxygen atoms in total. The van der Waals surface area contributed by atoms with E-state index in [1.54, 1.807) is 0 Å². The Morgan fingerprint density at radius 1 is 1.24 bits per heavy atom. The van der Waals surface area contributed by atoms with Gasteiger partial charge >= 0.3 is 0 Å². The number of hydrogen-bond donors (Lipinski definition) is 2. The van der Waals surface area contributed by atoms with Crippen LogP contribution in [0.15, 0.2) is 29.3 Å². The summed E-state index contributed by atoms with van der Waals surface area (Å²) in [6.07, 6.45) is 7.66. The van der Waals surface area contributed by atoms with Gasteiger partial charge in [-0.1, -0.05) is 49.1 Å². The minimum atomic E-state index is 0. The van der Waals surface area contributed by atoms with Gasteiger partial charge in [-0.3, -0.25) is 4.99 Å². The van der Waals surface area contributed by atoms with Crippen molar-refractivity contribution in [2.24, 2.45) is 4.99 Å². The molecule has 1 aliphatic carbocycles. The molecule has 4 heteroatoms. The number of aryl methyl sites for hydroxylation is 1. The van der Waals surface area contributed by atoms with Gasteiger partial charge in [0.2, 0.25) is 0 Å². The number of benzene rings is 1. The van der Waals surface area contributed by atoms with Crippen LogP contribution in [0.25, 0.3) is 0 Å². The largest absolute Gasteiger partial charge is 0.356 e. The van der Waals surface area contributed by atoms with E-state index in [-0.39, 0.29) is 24.0 Å². The van der Waals surface area contributed by atoms with Crippen LogP contribution < -0.4 is 10.6 Å². The lowest BCUT2D eigenvalue weighted by atomic mass is 9.96. The molecule has 2 N–H and O–H groups in total. The van der Waals surface area contributed by atoms with Crippen LogP contribution >= 0.6 is 24.0 Å². The Kier molecular flexibility index (Phi) is 8.73. The molecule has 118 valence electrons. The zero-order chi connectivity index (χ0) is 14.2. The third kappa shape index (κ3) is 6.68. The van der Waals surface area contributed by atoms with Crippen molar-refractivity contribution in [2.75, 3.05) is 13.6 Å². The molecule has 1 aromatic rings. The number of guanidine groups is 1. The first kappa shape index (κ1) is 18.3. The molecule has 0 aromatic heterocycles. The van der Waals surface area contributed by atoms with Crippen LogP contribution in [-0.2, 0) is 6.42 Å². The maximum Gasteiger partial charge on any atom is 0.191 e. The number of rotatable bonds is 4. The molecule has 1 aliphatic rings. The molecule has 0 saturated heterocycles. The Balaban J connectivity index is 0.00000220. The highest BCUT2D eigenvalue weighted by Gasteiger charge is 2.14. The number of nitrogens with zero attached hydrogens (tertiary/aromatic N) is 1. The third-order valence-corrected chi connectivity index (χ3v) is 3.96. The van der Waals surface area contributed by atoms with Crippen LogP contribution in [0.4, 0.5) is 0 Å². The normalized spacial score (nSPS) is 16.2. The van der Waals surface area contributed by atoms with E-state index in [2.05, 4.69) is 46.8 Å². The summed E-state index contributed by atoms with van der Waals surface area (Å²) >= 11 is 0. The fourth-order valence-corrected chi connectivity index (χ4v) is 2.83. The van der Waals surface area contributed by atoms with Crippen molar-refractivity contribution in [1.82, 2.24) is 10.6 Å². The zero-order valence-corrected chi connectivity index (χ0v) is 15.5. The molecule has 0 bridgehead atoms. The molecule has 1 saturated carbocycles. The van der Waals surface area contributed by atoms with Crippen molar-refractivity contribution >= 4 is 29.9 Å². The highest BCUT2D eigenvalue weighted by Crippen LogP contribution is 2.17. The van der Waals surface area contributed by atoms with Crippen LogP contribution in [0.1, 0.15) is 43.2 Å². The highest BCUT2D eigenvalue weighted by molar-refractivity contribution is 14.0. The van der Waals surface area contributed by atoms with Gasteiger partial charge in [0, 0.05) is 19.6 Å². The summed E-state index contributed by atoms with van der Waals surface area (Å²) in [5.41, 5.74) is 2.71. The summed E-state index contributed by atoms with van der Waals surface area (Å²) in [4.78, 5) is 4.33. The maximum absolute atomic E-state index is 4.33. The summed E-state index contributed by atoms with van der Waals surface area (Å²) < 4.78 is 0. The van der Waals surface area contributed by atoms with Crippen molar-refractivity contribution in [1.29, 1.82) is 0 Å². The molecule has 1 aromatic carbocycles. The molecule has 0 radical (unpaired) electrons. The fourth-order valence-electron chi connectivity index (χ4n) is 2.83. The molecule has 0 heterocycles. The van der Waals surface area contributed by atoms with Gasteiger partial charge in [-0.2, -0.15) is 0 Å². The van der Waals surface area contributed by atoms with Crippen molar-refractivity contribution in [3.05, 3.63) is 35.4 Å². The van der Waals surface area contributed by atoms with Crippen molar-refractivity contribution in [3.63, 3.8) is 0 Å². The summed E-state index contributed by atoms with van der Waals surface area (Å²) in [5.74, 6) is 0.949. The van der Waals surface area contributed by atoms with Crippen LogP contribution in [-0.4, -0.2) is 25.6 Å². The van der Waals surface area contributed by atoms with Crippen LogP contribution in [0, 0.1) is 6.92 Å². The van der Waals surface area contributed by atoms with Crippen molar-refractivity contribution < 1.29 is 0 Å². The lowest BCUT2D eigenvalue weighted by Gasteiger charge is -2.24. The van der Waals surface area contributed by atoms with Gasteiger partial charge in [0.05, 0.1) is 0 Å². The van der Waals surface area contributed by atoms with E-state index in [1.807, 2.05) is 7.05 Å². The van der Waals surface area contributed by atoms with E-state index in [0.29, 0.717) is 6.04 Å². The molecule has 0 aliphatic heterocycles. The SMILES string of the molecule is CN=C(NCCc1cccc(C)c1)NC1CCCCC1.I. The summed E-state index contributed by atoms with van der Waals surface area (Å²) in [6, 6.07) is 9.31. The molecule has 0 amide bonds. The van der Waals surface area contributed by atoms with Crippen molar-refractivity contribution in [3.8, 4) is 0 Å². The quantitative estimate of drug-likeness (QED) is 0.459. The van der Waals surface area contributed by atoms with E-state index in [1.165, 1.54) is 43.2 Å². The Bertz CT molecular complexity index is 439. The molecule has 1 fully saturated rings. The number of halogens is 1. The molecule has 0 atom stereocenters. The van der Waals surface area contributed by atoms with Gasteiger partial charge in [-0.25, -0.2) is 0 Å². The lowest BCUT2D eigenvalue weighted by molar-refractivity contribution is 0.410. The number of aliphatic imine (C=N–C) groups is 1. The molecule has 0 spiro atoms. The Morgan fingerprint density at radius 3 is 2.67 bits per heavy atom. The number of nitrogens with one attached hydrogen (secondary N) is 2. The molecular weight excluding hydrogens is 373 g/mol. The van der Waals surface area contributed by atoms with E-state index in [0.717, 1.165) is 18.9 Å². The Morgan fingerprint density at radius 2 is 2.00 bits per heavy atom. The van der Waals surface area contributed by atoms with Gasteiger partial charge in [0.25, 0.3) is 0 Å². The standard InChI is InChI=1S/C17H27N3.HI/c1-14-7-6-8-15(13-14)11-12-19-17(18-2)20-16-9-4-3-5-10-16;/h6-8,13,16H,3-5,9-12H2,1-2H3,(H2,18,19,20);1H. The average molecular weight is 401 g/mol. The van der Waals surface area contributed by atoms with Crippen LogP contribution in [0.2, 0.25) is 0 Å². The van der Waals surface area contributed by atoms with Gasteiger partial charge in [0.1, 0.15) is 0 Å². The molecule has 21 heavy (non-hydrogen) atoms. The maximum atomic E-state index is 4.33. The summed E-state index contributed by atoms with van der Waals surface area (Å²) in [6.45, 7) is 3.07. The predicted molar refractivity (Wildman–Crippen MR) is 102 cm³/mol. The highest BCUT2D eigenvalue weighted by atomic mass is 127. The van der Waals surface area contributed by atoms with Crippen molar-refractivity contribution in [2.45, 2.75) is 51.5 Å². The van der Waals surface area contributed by atoms with Gasteiger partial charge in [-0.15, -0.1) is 24.0 Å². The third-order valence-electron chi connectivity index (χ3n) is 3.96. The van der Waals surface area contributed by atoms with E-state index < -0.39 is 0 Å². The lowest BCUT2D eigenvalue weighted by Crippen LogP contribution is -2.44. The van der Waals surface area contributed by atoms with E-state index >= 15 is 0 Å². The smallest absolute Gasteiger partial charge is 0.191 e. The first-order chi connectivity index (χ1) is 9.78. The monoisotopic (exact) mass is 401 g/mol. The minimum absolute atomic E-state index is 0. The van der Waals surface area contributed by atoms with E-state index in [4.69, 9.17) is 0 Å². The van der Waals surface area contributed by atoms with Gasteiger partial charge in [0.15, 0.2) is 5.96 Å². The Labute approximate surface area is 146 Å². The molecular formula is C17H28IN3. The average Bonchev–Trinajstić information content (AvgIpc) is 2.47. The summed E-state index contributed by atoms with van der Waals surface area (Å²) in [5, 5.41) is 6.97. The first-order valence-electron chi connectivity index (χ1n) is 7.80. The minimum Gasteiger partial charge on any atom is -0.356 e. The second-order valence-electron chi connectivity index (χ2n) is 5.72. The molecule has 2 rings (SSSR count). The van der Waals surface area contributed by atoms with Gasteiger partial charge in [-0.05, 0) is 31.7 Å². The summed E-state index contributed by atoms with van der Waals surface area (Å²) in [7, 11) is 1.85. The number of hydrogen-bond acceptors (Lipinski definition) is 1. The fraction of sp³-hybridized carbons (Fsp3) is 0.588. The predicted octanol–water partition coefficient (Wildman–Crippen LogP) is 3.65.